The lowest BCUT2D eigenvalue weighted by atomic mass is 9.94. The predicted octanol–water partition coefficient (Wildman–Crippen LogP) is 1.85. The molecule has 1 aliphatic rings. The van der Waals surface area contributed by atoms with Crippen molar-refractivity contribution in [2.45, 2.75) is 13.0 Å². The van der Waals surface area contributed by atoms with Crippen LogP contribution in [0.25, 0.3) is 0 Å². The van der Waals surface area contributed by atoms with Gasteiger partial charge in [-0.25, -0.2) is 8.78 Å². The van der Waals surface area contributed by atoms with E-state index in [4.69, 9.17) is 12.2 Å². The number of hydrogen-bond donors (Lipinski definition) is 2. The van der Waals surface area contributed by atoms with Gasteiger partial charge in [-0.15, -0.1) is 0 Å². The molecule has 0 radical (unpaired) electrons. The maximum atomic E-state index is 14.0. The second-order valence-electron chi connectivity index (χ2n) is 4.91. The van der Waals surface area contributed by atoms with E-state index in [0.717, 1.165) is 12.1 Å². The molecule has 0 aliphatic carbocycles. The number of carbonyl (C=O) groups excluding carboxylic acids is 1. The summed E-state index contributed by atoms with van der Waals surface area (Å²) in [5.41, 5.74) is 0.494. The number of benzene rings is 1. The standard InChI is InChI=1S/C14H15F2N3OS/c1-7-10(13(20)19(2)3)12(18-14(21)17-7)11-8(15)5-4-6-9(11)16/h4-6,12H,1-3H3,(H2,17,18,21)/t12-/m1/s1. The average Bonchev–Trinajstić information content (AvgIpc) is 2.37. The summed E-state index contributed by atoms with van der Waals surface area (Å²) >= 11 is 5.03. The van der Waals surface area contributed by atoms with Crippen LogP contribution in [0.3, 0.4) is 0 Å². The fourth-order valence-electron chi connectivity index (χ4n) is 2.22. The molecule has 0 fully saturated rings. The Balaban J connectivity index is 2.61. The first-order valence-corrected chi connectivity index (χ1v) is 6.67. The summed E-state index contributed by atoms with van der Waals surface area (Å²) in [4.78, 5) is 13.7. The molecule has 0 bridgehead atoms. The fraction of sp³-hybridized carbons (Fsp3) is 0.286. The predicted molar refractivity (Wildman–Crippen MR) is 79.4 cm³/mol. The summed E-state index contributed by atoms with van der Waals surface area (Å²) < 4.78 is 28.1. The Kier molecular flexibility index (Phi) is 4.22. The van der Waals surface area contributed by atoms with E-state index < -0.39 is 17.7 Å². The summed E-state index contributed by atoms with van der Waals surface area (Å²) in [7, 11) is 3.15. The third-order valence-corrected chi connectivity index (χ3v) is 3.41. The third kappa shape index (κ3) is 2.87. The smallest absolute Gasteiger partial charge is 0.253 e. The molecule has 0 aromatic heterocycles. The zero-order valence-electron chi connectivity index (χ0n) is 11.8. The maximum Gasteiger partial charge on any atom is 0.253 e. The van der Waals surface area contributed by atoms with E-state index in [-0.39, 0.29) is 22.2 Å². The quantitative estimate of drug-likeness (QED) is 0.818. The molecule has 2 N–H and O–H groups in total. The number of amides is 1. The SMILES string of the molecule is CC1=C(C(=O)N(C)C)[C@H](c2c(F)cccc2F)NC(=S)N1. The molecule has 2 rings (SSSR count). The van der Waals surface area contributed by atoms with Crippen molar-refractivity contribution in [1.82, 2.24) is 15.5 Å². The number of rotatable bonds is 2. The first-order chi connectivity index (χ1) is 9.82. The van der Waals surface area contributed by atoms with Gasteiger partial charge in [0.1, 0.15) is 11.6 Å². The lowest BCUT2D eigenvalue weighted by Crippen LogP contribution is -2.47. The maximum absolute atomic E-state index is 14.0. The van der Waals surface area contributed by atoms with Crippen LogP contribution in [0.5, 0.6) is 0 Å². The lowest BCUT2D eigenvalue weighted by Gasteiger charge is -2.31. The summed E-state index contributed by atoms with van der Waals surface area (Å²) in [6.07, 6.45) is 0. The van der Waals surface area contributed by atoms with Crippen LogP contribution >= 0.6 is 12.2 Å². The van der Waals surface area contributed by atoms with Gasteiger partial charge in [0.15, 0.2) is 5.11 Å². The number of halogens is 2. The van der Waals surface area contributed by atoms with Crippen LogP contribution in [0, 0.1) is 11.6 Å². The van der Waals surface area contributed by atoms with Gasteiger partial charge in [-0.05, 0) is 31.3 Å². The van der Waals surface area contributed by atoms with Crippen molar-refractivity contribution in [2.24, 2.45) is 0 Å². The van der Waals surface area contributed by atoms with Crippen molar-refractivity contribution in [3.05, 3.63) is 46.7 Å². The highest BCUT2D eigenvalue weighted by Gasteiger charge is 2.34. The molecule has 1 amide bonds. The molecule has 1 heterocycles. The monoisotopic (exact) mass is 311 g/mol. The highest BCUT2D eigenvalue weighted by atomic mass is 32.1. The van der Waals surface area contributed by atoms with Crippen LogP contribution < -0.4 is 10.6 Å². The van der Waals surface area contributed by atoms with Crippen LogP contribution in [-0.2, 0) is 4.79 Å². The van der Waals surface area contributed by atoms with Crippen molar-refractivity contribution in [3.63, 3.8) is 0 Å². The van der Waals surface area contributed by atoms with Gasteiger partial charge < -0.3 is 15.5 Å². The number of nitrogens with zero attached hydrogens (tertiary/aromatic N) is 1. The van der Waals surface area contributed by atoms with E-state index in [2.05, 4.69) is 10.6 Å². The topological polar surface area (TPSA) is 44.4 Å². The number of allylic oxidation sites excluding steroid dienone is 1. The van der Waals surface area contributed by atoms with Crippen molar-refractivity contribution in [1.29, 1.82) is 0 Å². The highest BCUT2D eigenvalue weighted by Crippen LogP contribution is 2.31. The zero-order chi connectivity index (χ0) is 15.7. The molecular weight excluding hydrogens is 296 g/mol. The Bertz CT molecular complexity index is 623. The van der Waals surface area contributed by atoms with Gasteiger partial charge in [0.25, 0.3) is 5.91 Å². The van der Waals surface area contributed by atoms with E-state index in [1.807, 2.05) is 0 Å². The second kappa shape index (κ2) is 5.77. The Morgan fingerprint density at radius 2 is 1.86 bits per heavy atom. The van der Waals surface area contributed by atoms with Crippen molar-refractivity contribution in [2.75, 3.05) is 14.1 Å². The van der Waals surface area contributed by atoms with Crippen LogP contribution in [0.15, 0.2) is 29.5 Å². The fourth-order valence-corrected chi connectivity index (χ4v) is 2.49. The van der Waals surface area contributed by atoms with Gasteiger partial charge in [-0.3, -0.25) is 4.79 Å². The summed E-state index contributed by atoms with van der Waals surface area (Å²) in [6.45, 7) is 1.65. The molecule has 0 unspecified atom stereocenters. The van der Waals surface area contributed by atoms with Gasteiger partial charge in [-0.1, -0.05) is 6.07 Å². The van der Waals surface area contributed by atoms with Gasteiger partial charge in [0.05, 0.1) is 17.2 Å². The van der Waals surface area contributed by atoms with Gasteiger partial charge in [-0.2, -0.15) is 0 Å². The number of hydrogen-bond acceptors (Lipinski definition) is 2. The van der Waals surface area contributed by atoms with Crippen LogP contribution in [0.2, 0.25) is 0 Å². The van der Waals surface area contributed by atoms with Crippen LogP contribution in [-0.4, -0.2) is 30.0 Å². The minimum Gasteiger partial charge on any atom is -0.351 e. The van der Waals surface area contributed by atoms with Gasteiger partial charge in [0, 0.05) is 19.8 Å². The van der Waals surface area contributed by atoms with E-state index >= 15 is 0 Å². The third-order valence-electron chi connectivity index (χ3n) is 3.19. The van der Waals surface area contributed by atoms with E-state index in [1.54, 1.807) is 21.0 Å². The number of thiocarbonyl (C=S) groups is 1. The Morgan fingerprint density at radius 3 is 2.38 bits per heavy atom. The normalized spacial score (nSPS) is 18.1. The van der Waals surface area contributed by atoms with Crippen molar-refractivity contribution >= 4 is 23.2 Å². The minimum absolute atomic E-state index is 0.217. The summed E-state index contributed by atoms with van der Waals surface area (Å²) in [5.74, 6) is -1.80. The molecule has 0 spiro atoms. The first-order valence-electron chi connectivity index (χ1n) is 6.26. The molecular formula is C14H15F2N3OS. The Morgan fingerprint density at radius 1 is 1.29 bits per heavy atom. The minimum atomic E-state index is -0.963. The number of nitrogens with one attached hydrogen (secondary N) is 2. The molecule has 0 saturated heterocycles. The molecule has 4 nitrogen and oxygen atoms in total. The van der Waals surface area contributed by atoms with Crippen LogP contribution in [0.4, 0.5) is 8.78 Å². The summed E-state index contributed by atoms with van der Waals surface area (Å²) in [5, 5.41) is 5.79. The molecule has 1 atom stereocenters. The molecule has 1 aromatic rings. The molecule has 1 aromatic carbocycles. The largest absolute Gasteiger partial charge is 0.351 e. The number of carbonyl (C=O) groups is 1. The van der Waals surface area contributed by atoms with Gasteiger partial charge >= 0.3 is 0 Å². The van der Waals surface area contributed by atoms with E-state index in [0.29, 0.717) is 5.70 Å². The summed E-state index contributed by atoms with van der Waals surface area (Å²) in [6, 6.07) is 2.61. The highest BCUT2D eigenvalue weighted by molar-refractivity contribution is 7.80. The average molecular weight is 311 g/mol. The van der Waals surface area contributed by atoms with Crippen LogP contribution in [0.1, 0.15) is 18.5 Å². The van der Waals surface area contributed by atoms with Crippen molar-refractivity contribution < 1.29 is 13.6 Å². The van der Waals surface area contributed by atoms with E-state index in [1.165, 1.54) is 11.0 Å². The Labute approximate surface area is 126 Å². The number of likely N-dealkylation sites (N-methyl/N-ethyl adjacent to an activating group) is 1. The van der Waals surface area contributed by atoms with Gasteiger partial charge in [0.2, 0.25) is 0 Å². The van der Waals surface area contributed by atoms with Crippen molar-refractivity contribution in [3.8, 4) is 0 Å². The molecule has 112 valence electrons. The molecule has 7 heteroatoms. The van der Waals surface area contributed by atoms with E-state index in [9.17, 15) is 13.6 Å². The molecule has 1 aliphatic heterocycles. The molecule has 21 heavy (non-hydrogen) atoms. The first kappa shape index (κ1) is 15.4. The Hall–Kier alpha value is -2.02. The molecule has 0 saturated carbocycles. The lowest BCUT2D eigenvalue weighted by molar-refractivity contribution is -0.125. The zero-order valence-corrected chi connectivity index (χ0v) is 12.6. The second-order valence-corrected chi connectivity index (χ2v) is 5.31.